The number of carbonyl (C=O) groups is 1. The fourth-order valence-electron chi connectivity index (χ4n) is 1.10. The Morgan fingerprint density at radius 2 is 2.43 bits per heavy atom. The number of hydrogen-bond acceptors (Lipinski definition) is 5. The molecule has 0 amide bonds. The van der Waals surface area contributed by atoms with Gasteiger partial charge in [0.1, 0.15) is 0 Å². The highest BCUT2D eigenvalue weighted by atomic mass is 16.6. The van der Waals surface area contributed by atoms with Crippen LogP contribution in [0.15, 0.2) is 6.20 Å². The van der Waals surface area contributed by atoms with Crippen LogP contribution in [-0.4, -0.2) is 22.4 Å². The average Bonchev–Trinajstić information content (AvgIpc) is 2.48. The maximum absolute atomic E-state index is 11.4. The molecule has 0 radical (unpaired) electrons. The summed E-state index contributed by atoms with van der Waals surface area (Å²) in [4.78, 5) is 15.8. The zero-order valence-electron chi connectivity index (χ0n) is 8.19. The van der Waals surface area contributed by atoms with E-state index in [4.69, 9.17) is 10.6 Å². The first-order valence-corrected chi connectivity index (χ1v) is 4.20. The van der Waals surface area contributed by atoms with Crippen molar-refractivity contribution in [3.8, 4) is 0 Å². The minimum absolute atomic E-state index is 0.141. The van der Waals surface area contributed by atoms with Gasteiger partial charge in [0, 0.05) is 18.8 Å². The standard InChI is InChI=1S/C8H13N3O3/c1-3-13-8(12)7-6(5-14-9)4-11(2)10-7/h4H,3,5,9H2,1-2H3. The zero-order chi connectivity index (χ0) is 10.6. The lowest BCUT2D eigenvalue weighted by atomic mass is 10.2. The van der Waals surface area contributed by atoms with E-state index in [2.05, 4.69) is 9.94 Å². The van der Waals surface area contributed by atoms with Crippen molar-refractivity contribution in [1.29, 1.82) is 0 Å². The largest absolute Gasteiger partial charge is 0.461 e. The number of ether oxygens (including phenoxy) is 1. The smallest absolute Gasteiger partial charge is 0.359 e. The number of nitrogens with zero attached hydrogens (tertiary/aromatic N) is 2. The molecule has 0 atom stereocenters. The molecule has 0 aromatic carbocycles. The third kappa shape index (κ3) is 2.30. The molecule has 78 valence electrons. The minimum Gasteiger partial charge on any atom is -0.461 e. The maximum atomic E-state index is 11.4. The maximum Gasteiger partial charge on any atom is 0.359 e. The Labute approximate surface area is 81.5 Å². The summed E-state index contributed by atoms with van der Waals surface area (Å²) < 4.78 is 6.33. The van der Waals surface area contributed by atoms with E-state index in [1.165, 1.54) is 4.68 Å². The summed E-state index contributed by atoms with van der Waals surface area (Å²) in [5.41, 5.74) is 0.869. The van der Waals surface area contributed by atoms with Crippen molar-refractivity contribution in [3.05, 3.63) is 17.5 Å². The van der Waals surface area contributed by atoms with Crippen molar-refractivity contribution in [2.45, 2.75) is 13.5 Å². The molecule has 0 saturated heterocycles. The van der Waals surface area contributed by atoms with Gasteiger partial charge < -0.3 is 4.74 Å². The Bertz CT molecular complexity index is 322. The van der Waals surface area contributed by atoms with Gasteiger partial charge in [-0.15, -0.1) is 0 Å². The van der Waals surface area contributed by atoms with E-state index in [1.807, 2.05) is 0 Å². The predicted molar refractivity (Wildman–Crippen MR) is 48.1 cm³/mol. The van der Waals surface area contributed by atoms with Gasteiger partial charge in [-0.25, -0.2) is 10.7 Å². The SMILES string of the molecule is CCOC(=O)c1nn(C)cc1CON. The highest BCUT2D eigenvalue weighted by molar-refractivity contribution is 5.88. The Hall–Kier alpha value is -1.40. The number of esters is 1. The molecule has 0 unspecified atom stereocenters. The van der Waals surface area contributed by atoms with E-state index in [0.717, 1.165) is 0 Å². The molecule has 0 spiro atoms. The van der Waals surface area contributed by atoms with Gasteiger partial charge in [0.25, 0.3) is 0 Å². The number of carbonyl (C=O) groups excluding carboxylic acids is 1. The van der Waals surface area contributed by atoms with Gasteiger partial charge in [-0.3, -0.25) is 9.52 Å². The lowest BCUT2D eigenvalue weighted by Gasteiger charge is -2.00. The Morgan fingerprint density at radius 1 is 1.71 bits per heavy atom. The van der Waals surface area contributed by atoms with Crippen LogP contribution in [0.5, 0.6) is 0 Å². The highest BCUT2D eigenvalue weighted by Gasteiger charge is 2.16. The van der Waals surface area contributed by atoms with Crippen LogP contribution >= 0.6 is 0 Å². The molecule has 6 heteroatoms. The summed E-state index contributed by atoms with van der Waals surface area (Å²) in [6.07, 6.45) is 1.67. The second-order valence-corrected chi connectivity index (χ2v) is 2.71. The number of rotatable bonds is 4. The van der Waals surface area contributed by atoms with Crippen molar-refractivity contribution >= 4 is 5.97 Å². The van der Waals surface area contributed by atoms with Crippen molar-refractivity contribution < 1.29 is 14.4 Å². The molecule has 2 N–H and O–H groups in total. The first kappa shape index (κ1) is 10.7. The zero-order valence-corrected chi connectivity index (χ0v) is 8.19. The summed E-state index contributed by atoms with van der Waals surface area (Å²) in [6.45, 7) is 2.19. The summed E-state index contributed by atoms with van der Waals surface area (Å²) >= 11 is 0. The molecule has 0 saturated carbocycles. The van der Waals surface area contributed by atoms with Crippen LogP contribution in [-0.2, 0) is 23.2 Å². The van der Waals surface area contributed by atoms with Gasteiger partial charge in [0.05, 0.1) is 13.2 Å². The van der Waals surface area contributed by atoms with Crippen LogP contribution < -0.4 is 5.90 Å². The van der Waals surface area contributed by atoms with Crippen LogP contribution in [0.2, 0.25) is 0 Å². The lowest BCUT2D eigenvalue weighted by molar-refractivity contribution is 0.0511. The molecule has 0 fully saturated rings. The summed E-state index contributed by atoms with van der Waals surface area (Å²) in [5, 5.41) is 3.95. The molecule has 0 aliphatic rings. The predicted octanol–water partition coefficient (Wildman–Crippen LogP) is -0.0129. The Morgan fingerprint density at radius 3 is 3.00 bits per heavy atom. The summed E-state index contributed by atoms with van der Waals surface area (Å²) in [5.74, 6) is 4.47. The Balaban J connectivity index is 2.88. The van der Waals surface area contributed by atoms with E-state index in [-0.39, 0.29) is 12.3 Å². The third-order valence-electron chi connectivity index (χ3n) is 1.61. The Kier molecular flexibility index (Phi) is 3.61. The van der Waals surface area contributed by atoms with Crippen molar-refractivity contribution in [1.82, 2.24) is 9.78 Å². The summed E-state index contributed by atoms with van der Waals surface area (Å²) in [7, 11) is 1.71. The number of hydrogen-bond donors (Lipinski definition) is 1. The molecular formula is C8H13N3O3. The number of aromatic nitrogens is 2. The minimum atomic E-state index is -0.458. The average molecular weight is 199 g/mol. The monoisotopic (exact) mass is 199 g/mol. The van der Waals surface area contributed by atoms with Crippen LogP contribution in [0.3, 0.4) is 0 Å². The van der Waals surface area contributed by atoms with Crippen LogP contribution in [0, 0.1) is 0 Å². The summed E-state index contributed by atoms with van der Waals surface area (Å²) in [6, 6.07) is 0. The lowest BCUT2D eigenvalue weighted by Crippen LogP contribution is -2.10. The molecule has 1 rings (SSSR count). The van der Waals surface area contributed by atoms with Gasteiger partial charge in [-0.05, 0) is 6.92 Å². The first-order valence-electron chi connectivity index (χ1n) is 4.20. The number of nitrogens with two attached hydrogens (primary N) is 1. The van der Waals surface area contributed by atoms with Crippen molar-refractivity contribution in [2.75, 3.05) is 6.61 Å². The molecule has 1 aromatic heterocycles. The van der Waals surface area contributed by atoms with Crippen LogP contribution in [0.25, 0.3) is 0 Å². The second kappa shape index (κ2) is 4.73. The van der Waals surface area contributed by atoms with E-state index in [9.17, 15) is 4.79 Å². The molecule has 1 heterocycles. The fraction of sp³-hybridized carbons (Fsp3) is 0.500. The van der Waals surface area contributed by atoms with Crippen molar-refractivity contribution in [3.63, 3.8) is 0 Å². The second-order valence-electron chi connectivity index (χ2n) is 2.71. The molecule has 0 aliphatic carbocycles. The molecular weight excluding hydrogens is 186 g/mol. The van der Waals surface area contributed by atoms with Gasteiger partial charge >= 0.3 is 5.97 Å². The normalized spacial score (nSPS) is 10.2. The molecule has 6 nitrogen and oxygen atoms in total. The van der Waals surface area contributed by atoms with E-state index >= 15 is 0 Å². The highest BCUT2D eigenvalue weighted by Crippen LogP contribution is 2.08. The fourth-order valence-corrected chi connectivity index (χ4v) is 1.10. The van der Waals surface area contributed by atoms with Crippen LogP contribution in [0.4, 0.5) is 0 Å². The van der Waals surface area contributed by atoms with Gasteiger partial charge in [-0.1, -0.05) is 0 Å². The molecule has 1 aromatic rings. The number of aryl methyl sites for hydroxylation is 1. The molecule has 0 bridgehead atoms. The van der Waals surface area contributed by atoms with E-state index in [1.54, 1.807) is 20.2 Å². The molecule has 14 heavy (non-hydrogen) atoms. The van der Waals surface area contributed by atoms with Crippen LogP contribution in [0.1, 0.15) is 23.0 Å². The van der Waals surface area contributed by atoms with Gasteiger partial charge in [0.15, 0.2) is 5.69 Å². The third-order valence-corrected chi connectivity index (χ3v) is 1.61. The van der Waals surface area contributed by atoms with Gasteiger partial charge in [-0.2, -0.15) is 5.10 Å². The van der Waals surface area contributed by atoms with Gasteiger partial charge in [0.2, 0.25) is 0 Å². The quantitative estimate of drug-likeness (QED) is 0.545. The topological polar surface area (TPSA) is 79.4 Å². The van der Waals surface area contributed by atoms with E-state index < -0.39 is 5.97 Å². The van der Waals surface area contributed by atoms with E-state index in [0.29, 0.717) is 12.2 Å². The van der Waals surface area contributed by atoms with Crippen molar-refractivity contribution in [2.24, 2.45) is 12.9 Å². The first-order chi connectivity index (χ1) is 6.69. The molecule has 0 aliphatic heterocycles.